The molecule has 5 heteroatoms. The molecule has 1 saturated carbocycles. The quantitative estimate of drug-likeness (QED) is 0.905. The number of hydrogen-bond donors (Lipinski definition) is 2. The van der Waals surface area contributed by atoms with Crippen LogP contribution in [0.15, 0.2) is 17.5 Å². The molecule has 0 spiro atoms. The molecule has 0 aliphatic heterocycles. The number of nitrogens with one attached hydrogen (secondary N) is 1. The summed E-state index contributed by atoms with van der Waals surface area (Å²) < 4.78 is 2.37. The smallest absolute Gasteiger partial charge is 0.261 e. The van der Waals surface area contributed by atoms with E-state index >= 15 is 0 Å². The molecule has 1 unspecified atom stereocenters. The Labute approximate surface area is 114 Å². The normalized spacial score (nSPS) is 18.8. The van der Waals surface area contributed by atoms with Crippen molar-refractivity contribution in [3.05, 3.63) is 22.4 Å². The number of carbonyl (C=O) groups excluding carboxylic acids is 1. The summed E-state index contributed by atoms with van der Waals surface area (Å²) in [5.74, 6) is 0.566. The average Bonchev–Trinajstić information content (AvgIpc) is 2.98. The van der Waals surface area contributed by atoms with Gasteiger partial charge in [-0.05, 0) is 43.2 Å². The van der Waals surface area contributed by atoms with Crippen molar-refractivity contribution in [3.8, 4) is 0 Å². The second-order valence-corrected chi connectivity index (χ2v) is 7.14. The summed E-state index contributed by atoms with van der Waals surface area (Å²) in [6.07, 6.45) is 2.35. The van der Waals surface area contributed by atoms with Crippen molar-refractivity contribution in [2.24, 2.45) is 11.7 Å². The maximum atomic E-state index is 12.3. The molecule has 2 aromatic heterocycles. The third-order valence-corrected chi connectivity index (χ3v) is 5.76. The molecule has 1 fully saturated rings. The summed E-state index contributed by atoms with van der Waals surface area (Å²) in [4.78, 5) is 13.1. The highest BCUT2D eigenvalue weighted by Crippen LogP contribution is 2.39. The predicted octanol–water partition coefficient (Wildman–Crippen LogP) is 2.82. The van der Waals surface area contributed by atoms with Crippen LogP contribution in [0.2, 0.25) is 0 Å². The molecule has 96 valence electrons. The van der Waals surface area contributed by atoms with Crippen LogP contribution in [0.25, 0.3) is 9.40 Å². The van der Waals surface area contributed by atoms with Crippen LogP contribution < -0.4 is 11.1 Å². The number of carbonyl (C=O) groups is 1. The van der Waals surface area contributed by atoms with E-state index in [1.807, 2.05) is 6.07 Å². The highest BCUT2D eigenvalue weighted by Gasteiger charge is 2.41. The van der Waals surface area contributed by atoms with Gasteiger partial charge in [0.05, 0.1) is 10.4 Å². The lowest BCUT2D eigenvalue weighted by atomic mass is 9.96. The second-order valence-electron chi connectivity index (χ2n) is 5.11. The first-order chi connectivity index (χ1) is 8.62. The van der Waals surface area contributed by atoms with Gasteiger partial charge in [-0.15, -0.1) is 22.7 Å². The van der Waals surface area contributed by atoms with Gasteiger partial charge >= 0.3 is 0 Å². The Morgan fingerprint density at radius 1 is 1.56 bits per heavy atom. The summed E-state index contributed by atoms with van der Waals surface area (Å²) in [6.45, 7) is 2.56. The molecule has 18 heavy (non-hydrogen) atoms. The Morgan fingerprint density at radius 3 is 2.94 bits per heavy atom. The fraction of sp³-hybridized carbons (Fsp3) is 0.462. The number of thiophene rings is 2. The molecule has 0 bridgehead atoms. The molecule has 1 atom stereocenters. The molecule has 0 aromatic carbocycles. The van der Waals surface area contributed by atoms with Gasteiger partial charge in [0.1, 0.15) is 0 Å². The van der Waals surface area contributed by atoms with Crippen LogP contribution in [0.5, 0.6) is 0 Å². The first-order valence-electron chi connectivity index (χ1n) is 6.12. The van der Waals surface area contributed by atoms with Crippen LogP contribution in [0.1, 0.15) is 29.4 Å². The van der Waals surface area contributed by atoms with Crippen LogP contribution in [0, 0.1) is 5.92 Å². The monoisotopic (exact) mass is 280 g/mol. The van der Waals surface area contributed by atoms with Crippen molar-refractivity contribution < 1.29 is 4.79 Å². The largest absolute Gasteiger partial charge is 0.345 e. The fourth-order valence-corrected chi connectivity index (χ4v) is 4.24. The molecule has 2 aromatic rings. The van der Waals surface area contributed by atoms with E-state index in [9.17, 15) is 4.79 Å². The van der Waals surface area contributed by atoms with Gasteiger partial charge < -0.3 is 11.1 Å². The summed E-state index contributed by atoms with van der Waals surface area (Å²) >= 11 is 3.23. The van der Waals surface area contributed by atoms with Gasteiger partial charge in [0.2, 0.25) is 0 Å². The average molecular weight is 280 g/mol. The van der Waals surface area contributed by atoms with E-state index in [4.69, 9.17) is 5.73 Å². The van der Waals surface area contributed by atoms with E-state index < -0.39 is 0 Å². The number of rotatable bonds is 4. The number of amides is 1. The van der Waals surface area contributed by atoms with Gasteiger partial charge in [-0.25, -0.2) is 0 Å². The molecule has 1 amide bonds. The first-order valence-corrected chi connectivity index (χ1v) is 7.81. The molecule has 0 radical (unpaired) electrons. The van der Waals surface area contributed by atoms with Crippen molar-refractivity contribution in [1.29, 1.82) is 0 Å². The molecular formula is C13H16N2OS2. The zero-order chi connectivity index (χ0) is 12.8. The Balaban J connectivity index is 1.80. The molecule has 1 aliphatic rings. The molecule has 3 nitrogen and oxygen atoms in total. The van der Waals surface area contributed by atoms with Gasteiger partial charge in [-0.2, -0.15) is 0 Å². The van der Waals surface area contributed by atoms with Gasteiger partial charge in [0, 0.05) is 15.9 Å². The molecule has 3 N–H and O–H groups in total. The maximum Gasteiger partial charge on any atom is 0.261 e. The lowest BCUT2D eigenvalue weighted by Gasteiger charge is -2.29. The molecule has 0 saturated heterocycles. The minimum absolute atomic E-state index is 0.0169. The SMILES string of the molecule is CC(CN)(NC(=O)c1cc2sccc2s1)C1CC1. The second kappa shape index (κ2) is 4.33. The predicted molar refractivity (Wildman–Crippen MR) is 77.4 cm³/mol. The van der Waals surface area contributed by atoms with Crippen LogP contribution in [0.4, 0.5) is 0 Å². The third-order valence-electron chi connectivity index (χ3n) is 3.66. The summed E-state index contributed by atoms with van der Waals surface area (Å²) in [5, 5.41) is 5.18. The van der Waals surface area contributed by atoms with Crippen molar-refractivity contribution in [1.82, 2.24) is 5.32 Å². The van der Waals surface area contributed by atoms with Gasteiger partial charge in [0.15, 0.2) is 0 Å². The van der Waals surface area contributed by atoms with Crippen molar-refractivity contribution >= 4 is 38.0 Å². The molecule has 3 rings (SSSR count). The van der Waals surface area contributed by atoms with Crippen LogP contribution >= 0.6 is 22.7 Å². The number of hydrogen-bond acceptors (Lipinski definition) is 4. The van der Waals surface area contributed by atoms with Crippen molar-refractivity contribution in [2.75, 3.05) is 6.54 Å². The Hall–Kier alpha value is -0.910. The van der Waals surface area contributed by atoms with E-state index in [1.165, 1.54) is 22.2 Å². The molecular weight excluding hydrogens is 264 g/mol. The number of fused-ring (bicyclic) bond motifs is 1. The Kier molecular flexibility index (Phi) is 2.92. The topological polar surface area (TPSA) is 55.1 Å². The summed E-state index contributed by atoms with van der Waals surface area (Å²) in [6, 6.07) is 4.04. The van der Waals surface area contributed by atoms with Crippen LogP contribution in [-0.2, 0) is 0 Å². The summed E-state index contributed by atoms with van der Waals surface area (Å²) in [5.41, 5.74) is 5.58. The standard InChI is InChI=1S/C13H16N2OS2/c1-13(7-14,8-2-3-8)15-12(16)11-6-10-9(18-11)4-5-17-10/h4-6,8H,2-3,7,14H2,1H3,(H,15,16). The van der Waals surface area contributed by atoms with Crippen LogP contribution in [0.3, 0.4) is 0 Å². The van der Waals surface area contributed by atoms with E-state index in [2.05, 4.69) is 23.7 Å². The maximum absolute atomic E-state index is 12.3. The minimum Gasteiger partial charge on any atom is -0.345 e. The lowest BCUT2D eigenvalue weighted by Crippen LogP contribution is -2.53. The first kappa shape index (κ1) is 12.1. The van der Waals surface area contributed by atoms with Crippen LogP contribution in [-0.4, -0.2) is 18.0 Å². The van der Waals surface area contributed by atoms with E-state index in [1.54, 1.807) is 22.7 Å². The van der Waals surface area contributed by atoms with E-state index in [-0.39, 0.29) is 11.4 Å². The van der Waals surface area contributed by atoms with Crippen molar-refractivity contribution in [3.63, 3.8) is 0 Å². The third kappa shape index (κ3) is 2.06. The highest BCUT2D eigenvalue weighted by atomic mass is 32.1. The highest BCUT2D eigenvalue weighted by molar-refractivity contribution is 7.27. The van der Waals surface area contributed by atoms with E-state index in [0.717, 1.165) is 4.88 Å². The Morgan fingerprint density at radius 2 is 2.33 bits per heavy atom. The van der Waals surface area contributed by atoms with Gasteiger partial charge in [-0.3, -0.25) is 4.79 Å². The zero-order valence-corrected chi connectivity index (χ0v) is 11.9. The minimum atomic E-state index is -0.242. The van der Waals surface area contributed by atoms with Crippen molar-refractivity contribution in [2.45, 2.75) is 25.3 Å². The zero-order valence-electron chi connectivity index (χ0n) is 10.2. The Bertz CT molecular complexity index is 556. The lowest BCUT2D eigenvalue weighted by molar-refractivity contribution is 0.0902. The van der Waals surface area contributed by atoms with E-state index in [0.29, 0.717) is 12.5 Å². The molecule has 1 aliphatic carbocycles. The summed E-state index contributed by atoms with van der Waals surface area (Å²) in [7, 11) is 0. The van der Waals surface area contributed by atoms with Gasteiger partial charge in [-0.1, -0.05) is 0 Å². The fourth-order valence-electron chi connectivity index (χ4n) is 2.24. The molecule has 2 heterocycles. The van der Waals surface area contributed by atoms with Gasteiger partial charge in [0.25, 0.3) is 5.91 Å². The number of nitrogens with two attached hydrogens (primary N) is 1.